The Morgan fingerprint density at radius 2 is 1.56 bits per heavy atom. The van der Waals surface area contributed by atoms with Crippen LogP contribution in [0.25, 0.3) is 0 Å². The van der Waals surface area contributed by atoms with Crippen LogP contribution in [0.1, 0.15) is 11.1 Å². The first-order valence-electron chi connectivity index (χ1n) is 5.81. The van der Waals surface area contributed by atoms with Gasteiger partial charge in [-0.1, -0.05) is 30.3 Å². The third-order valence-electron chi connectivity index (χ3n) is 2.80. The van der Waals surface area contributed by atoms with E-state index < -0.39 is 6.10 Å². The first-order valence-corrected chi connectivity index (χ1v) is 5.81. The summed E-state index contributed by atoms with van der Waals surface area (Å²) in [5.74, 6) is -0.613. The average Bonchev–Trinajstić information content (AvgIpc) is 2.35. The highest BCUT2D eigenvalue weighted by atomic mass is 19.1. The highest BCUT2D eigenvalue weighted by Gasteiger charge is 2.09. The van der Waals surface area contributed by atoms with Crippen molar-refractivity contribution in [3.05, 3.63) is 71.3 Å². The molecule has 3 heteroatoms. The van der Waals surface area contributed by atoms with Crippen LogP contribution in [0.15, 0.2) is 48.5 Å². The summed E-state index contributed by atoms with van der Waals surface area (Å²) >= 11 is 0. The number of aliphatic hydroxyl groups is 1. The van der Waals surface area contributed by atoms with Gasteiger partial charge in [0.1, 0.15) is 11.6 Å². The van der Waals surface area contributed by atoms with E-state index in [9.17, 15) is 13.9 Å². The van der Waals surface area contributed by atoms with E-state index in [0.29, 0.717) is 12.0 Å². The van der Waals surface area contributed by atoms with Crippen LogP contribution < -0.4 is 0 Å². The molecule has 0 aliphatic heterocycles. The van der Waals surface area contributed by atoms with Gasteiger partial charge in [-0.15, -0.1) is 0 Å². The summed E-state index contributed by atoms with van der Waals surface area (Å²) < 4.78 is 26.1. The molecule has 1 nitrogen and oxygen atoms in total. The largest absolute Gasteiger partial charge is 0.392 e. The molecule has 0 saturated carbocycles. The van der Waals surface area contributed by atoms with Crippen LogP contribution in [0.4, 0.5) is 8.78 Å². The zero-order chi connectivity index (χ0) is 13.0. The third-order valence-corrected chi connectivity index (χ3v) is 2.80. The molecule has 94 valence electrons. The highest BCUT2D eigenvalue weighted by Crippen LogP contribution is 2.12. The molecule has 1 unspecified atom stereocenters. The van der Waals surface area contributed by atoms with Crippen molar-refractivity contribution in [3.63, 3.8) is 0 Å². The standard InChI is InChI=1S/C15H14F2O/c16-13-7-5-11(6-8-13)9-14(18)10-12-3-1-2-4-15(12)17/h1-8,14,18H,9-10H2. The van der Waals surface area contributed by atoms with E-state index in [0.717, 1.165) is 5.56 Å². The van der Waals surface area contributed by atoms with Gasteiger partial charge in [-0.3, -0.25) is 0 Å². The number of aliphatic hydroxyl groups excluding tert-OH is 1. The van der Waals surface area contributed by atoms with Crippen LogP contribution >= 0.6 is 0 Å². The molecular formula is C15H14F2O. The maximum atomic E-state index is 13.4. The predicted octanol–water partition coefficient (Wildman–Crippen LogP) is 3.11. The topological polar surface area (TPSA) is 20.2 Å². The lowest BCUT2D eigenvalue weighted by Gasteiger charge is -2.11. The molecule has 0 aliphatic carbocycles. The van der Waals surface area contributed by atoms with Crippen molar-refractivity contribution in [2.24, 2.45) is 0 Å². The zero-order valence-electron chi connectivity index (χ0n) is 9.81. The van der Waals surface area contributed by atoms with Gasteiger partial charge in [-0.05, 0) is 35.7 Å². The summed E-state index contributed by atoms with van der Waals surface area (Å²) in [6.45, 7) is 0. The molecule has 0 aromatic heterocycles. The van der Waals surface area contributed by atoms with Gasteiger partial charge < -0.3 is 5.11 Å². The van der Waals surface area contributed by atoms with Crippen LogP contribution in [-0.4, -0.2) is 11.2 Å². The van der Waals surface area contributed by atoms with E-state index in [1.54, 1.807) is 30.3 Å². The van der Waals surface area contributed by atoms with Gasteiger partial charge in [-0.25, -0.2) is 8.78 Å². The Labute approximate surface area is 105 Å². The summed E-state index contributed by atoms with van der Waals surface area (Å²) in [6, 6.07) is 12.3. The summed E-state index contributed by atoms with van der Waals surface area (Å²) in [5, 5.41) is 9.89. The molecule has 2 rings (SSSR count). The van der Waals surface area contributed by atoms with Crippen LogP contribution in [0.2, 0.25) is 0 Å². The SMILES string of the molecule is OC(Cc1ccc(F)cc1)Cc1ccccc1F. The maximum absolute atomic E-state index is 13.4. The van der Waals surface area contributed by atoms with E-state index >= 15 is 0 Å². The zero-order valence-corrected chi connectivity index (χ0v) is 9.81. The lowest BCUT2D eigenvalue weighted by atomic mass is 10.0. The molecule has 0 amide bonds. The molecule has 0 heterocycles. The minimum atomic E-state index is -0.674. The smallest absolute Gasteiger partial charge is 0.126 e. The summed E-state index contributed by atoms with van der Waals surface area (Å²) in [7, 11) is 0. The fourth-order valence-corrected chi connectivity index (χ4v) is 1.88. The number of halogens is 2. The van der Waals surface area contributed by atoms with Crippen molar-refractivity contribution < 1.29 is 13.9 Å². The average molecular weight is 248 g/mol. The van der Waals surface area contributed by atoms with Crippen molar-refractivity contribution in [1.29, 1.82) is 0 Å². The van der Waals surface area contributed by atoms with Crippen LogP contribution in [0.5, 0.6) is 0 Å². The van der Waals surface area contributed by atoms with E-state index in [1.807, 2.05) is 0 Å². The minimum Gasteiger partial charge on any atom is -0.392 e. The second-order valence-corrected chi connectivity index (χ2v) is 4.28. The van der Waals surface area contributed by atoms with Gasteiger partial charge in [0.2, 0.25) is 0 Å². The van der Waals surface area contributed by atoms with Gasteiger partial charge in [0.15, 0.2) is 0 Å². The number of hydrogen-bond donors (Lipinski definition) is 1. The molecule has 2 aromatic rings. The fraction of sp³-hybridized carbons (Fsp3) is 0.200. The van der Waals surface area contributed by atoms with Crippen molar-refractivity contribution in [1.82, 2.24) is 0 Å². The lowest BCUT2D eigenvalue weighted by molar-refractivity contribution is 0.174. The van der Waals surface area contributed by atoms with Crippen molar-refractivity contribution >= 4 is 0 Å². The van der Waals surface area contributed by atoms with Gasteiger partial charge in [0, 0.05) is 6.42 Å². The predicted molar refractivity (Wildman–Crippen MR) is 66.2 cm³/mol. The summed E-state index contributed by atoms with van der Waals surface area (Å²) in [6.07, 6.45) is -0.0362. The van der Waals surface area contributed by atoms with Gasteiger partial charge >= 0.3 is 0 Å². The summed E-state index contributed by atoms with van der Waals surface area (Å²) in [4.78, 5) is 0. The van der Waals surface area contributed by atoms with Crippen molar-refractivity contribution in [3.8, 4) is 0 Å². The molecule has 0 fully saturated rings. The lowest BCUT2D eigenvalue weighted by Crippen LogP contribution is -2.14. The number of hydrogen-bond acceptors (Lipinski definition) is 1. The van der Waals surface area contributed by atoms with Crippen LogP contribution in [-0.2, 0) is 12.8 Å². The second kappa shape index (κ2) is 5.74. The summed E-state index contributed by atoms with van der Waals surface area (Å²) in [5.41, 5.74) is 1.33. The molecule has 2 aromatic carbocycles. The van der Waals surface area contributed by atoms with E-state index in [1.165, 1.54) is 18.2 Å². The van der Waals surface area contributed by atoms with E-state index in [2.05, 4.69) is 0 Å². The third kappa shape index (κ3) is 3.37. The highest BCUT2D eigenvalue weighted by molar-refractivity contribution is 5.20. The number of benzene rings is 2. The first kappa shape index (κ1) is 12.7. The molecule has 0 bridgehead atoms. The maximum Gasteiger partial charge on any atom is 0.126 e. The molecule has 0 spiro atoms. The molecule has 1 atom stereocenters. The minimum absolute atomic E-state index is 0.254. The molecule has 0 aliphatic rings. The van der Waals surface area contributed by atoms with Crippen LogP contribution in [0.3, 0.4) is 0 Å². The second-order valence-electron chi connectivity index (χ2n) is 4.28. The van der Waals surface area contributed by atoms with Gasteiger partial charge in [0.05, 0.1) is 6.10 Å². The van der Waals surface area contributed by atoms with Crippen LogP contribution in [0, 0.1) is 11.6 Å². The van der Waals surface area contributed by atoms with Gasteiger partial charge in [-0.2, -0.15) is 0 Å². The molecule has 0 saturated heterocycles. The Morgan fingerprint density at radius 3 is 2.22 bits per heavy atom. The molecular weight excluding hydrogens is 234 g/mol. The Bertz CT molecular complexity index is 508. The van der Waals surface area contributed by atoms with Crippen molar-refractivity contribution in [2.45, 2.75) is 18.9 Å². The Morgan fingerprint density at radius 1 is 0.889 bits per heavy atom. The number of rotatable bonds is 4. The Kier molecular flexibility index (Phi) is 4.05. The Hall–Kier alpha value is -1.74. The molecule has 1 N–H and O–H groups in total. The Balaban J connectivity index is 1.99. The quantitative estimate of drug-likeness (QED) is 0.881. The first-order chi connectivity index (χ1) is 8.65. The normalized spacial score (nSPS) is 12.4. The van der Waals surface area contributed by atoms with E-state index in [-0.39, 0.29) is 18.1 Å². The monoisotopic (exact) mass is 248 g/mol. The van der Waals surface area contributed by atoms with E-state index in [4.69, 9.17) is 0 Å². The molecule has 0 radical (unpaired) electrons. The van der Waals surface area contributed by atoms with Crippen molar-refractivity contribution in [2.75, 3.05) is 0 Å². The van der Waals surface area contributed by atoms with Gasteiger partial charge in [0.25, 0.3) is 0 Å². The fourth-order valence-electron chi connectivity index (χ4n) is 1.88. The molecule has 18 heavy (non-hydrogen) atoms.